The van der Waals surface area contributed by atoms with Gasteiger partial charge < -0.3 is 0 Å². The Kier molecular flexibility index (Phi) is 1.01. The van der Waals surface area contributed by atoms with Crippen molar-refractivity contribution in [3.63, 3.8) is 0 Å². The third-order valence-corrected chi connectivity index (χ3v) is 2.03. The predicted molar refractivity (Wildman–Crippen MR) is 38.0 cm³/mol. The summed E-state index contributed by atoms with van der Waals surface area (Å²) in [5, 5.41) is 0. The van der Waals surface area contributed by atoms with Crippen molar-refractivity contribution in [1.82, 2.24) is 9.36 Å². The highest BCUT2D eigenvalue weighted by Gasteiger charge is 2.12. The summed E-state index contributed by atoms with van der Waals surface area (Å²) >= 11 is 0. The molecule has 0 aromatic carbocycles. The van der Waals surface area contributed by atoms with Crippen LogP contribution in [0.2, 0.25) is 0 Å². The molecule has 0 saturated carbocycles. The van der Waals surface area contributed by atoms with E-state index in [4.69, 9.17) is 0 Å². The molecule has 1 aliphatic heterocycles. The van der Waals surface area contributed by atoms with E-state index in [1.807, 2.05) is 11.6 Å². The number of fused-ring (bicyclic) bond motifs is 1. The summed E-state index contributed by atoms with van der Waals surface area (Å²) < 4.78 is 3.84. The summed E-state index contributed by atoms with van der Waals surface area (Å²) in [5.41, 5.74) is 1.23. The minimum absolute atomic E-state index is 0.148. The second-order valence-corrected chi connectivity index (χ2v) is 2.72. The molecule has 10 heavy (non-hydrogen) atoms. The van der Waals surface area contributed by atoms with Crippen LogP contribution in [0.3, 0.4) is 0 Å². The fourth-order valence-corrected chi connectivity index (χ4v) is 1.54. The van der Waals surface area contributed by atoms with Gasteiger partial charge in [0.15, 0.2) is 0 Å². The molecule has 0 aliphatic carbocycles. The van der Waals surface area contributed by atoms with Crippen molar-refractivity contribution in [3.05, 3.63) is 22.1 Å². The fraction of sp³-hybridized carbons (Fsp3) is 0.571. The topological polar surface area (TPSA) is 26.9 Å². The molecule has 3 heteroatoms. The van der Waals surface area contributed by atoms with Crippen LogP contribution in [-0.4, -0.2) is 9.36 Å². The molecule has 0 bridgehead atoms. The fourth-order valence-electron chi connectivity index (χ4n) is 1.54. The van der Waals surface area contributed by atoms with E-state index in [1.54, 1.807) is 10.7 Å². The average Bonchev–Trinajstić information content (AvgIpc) is 2.39. The molecule has 0 amide bonds. The largest absolute Gasteiger partial charge is 0.287 e. The normalized spacial score (nSPS) is 15.7. The van der Waals surface area contributed by atoms with E-state index >= 15 is 0 Å². The molecule has 2 rings (SSSR count). The van der Waals surface area contributed by atoms with E-state index in [9.17, 15) is 4.79 Å². The van der Waals surface area contributed by atoms with Gasteiger partial charge in [-0.15, -0.1) is 0 Å². The van der Waals surface area contributed by atoms with Crippen LogP contribution in [0.4, 0.5) is 0 Å². The van der Waals surface area contributed by atoms with Crippen LogP contribution in [0, 0.1) is 6.92 Å². The third-order valence-electron chi connectivity index (χ3n) is 2.03. The van der Waals surface area contributed by atoms with Crippen LogP contribution >= 0.6 is 0 Å². The zero-order valence-electron chi connectivity index (χ0n) is 6.00. The molecule has 0 N–H and O–H groups in total. The van der Waals surface area contributed by atoms with E-state index in [1.165, 1.54) is 0 Å². The van der Waals surface area contributed by atoms with Gasteiger partial charge in [-0.3, -0.25) is 14.2 Å². The number of hydrogen-bond acceptors (Lipinski definition) is 1. The lowest BCUT2D eigenvalue weighted by Crippen LogP contribution is -2.15. The van der Waals surface area contributed by atoms with E-state index < -0.39 is 0 Å². The molecule has 0 fully saturated rings. The maximum Gasteiger partial charge on any atom is 0.266 e. The van der Waals surface area contributed by atoms with Gasteiger partial charge in [0.1, 0.15) is 0 Å². The molecule has 1 aliphatic rings. The van der Waals surface area contributed by atoms with Crippen molar-refractivity contribution in [2.75, 3.05) is 0 Å². The van der Waals surface area contributed by atoms with E-state index in [-0.39, 0.29) is 5.56 Å². The number of hydrogen-bond donors (Lipinski definition) is 0. The van der Waals surface area contributed by atoms with Crippen molar-refractivity contribution in [2.24, 2.45) is 0 Å². The van der Waals surface area contributed by atoms with Crippen LogP contribution in [0.15, 0.2) is 10.9 Å². The lowest BCUT2D eigenvalue weighted by Gasteiger charge is -1.98. The first-order valence-electron chi connectivity index (χ1n) is 3.56. The lowest BCUT2D eigenvalue weighted by atomic mass is 10.4. The molecular weight excluding hydrogens is 128 g/mol. The molecule has 1 aromatic rings. The molecular formula is C7H10N2O. The van der Waals surface area contributed by atoms with Crippen LogP contribution in [0.1, 0.15) is 12.1 Å². The lowest BCUT2D eigenvalue weighted by molar-refractivity contribution is 0.582. The monoisotopic (exact) mass is 138 g/mol. The van der Waals surface area contributed by atoms with Gasteiger partial charge in [0.05, 0.1) is 0 Å². The average molecular weight is 138 g/mol. The molecule has 0 unspecified atom stereocenters. The Morgan fingerprint density at radius 2 is 2.10 bits per heavy atom. The second-order valence-electron chi connectivity index (χ2n) is 2.72. The van der Waals surface area contributed by atoms with Crippen molar-refractivity contribution in [2.45, 2.75) is 26.4 Å². The molecule has 0 atom stereocenters. The van der Waals surface area contributed by atoms with Crippen LogP contribution in [0.25, 0.3) is 0 Å². The van der Waals surface area contributed by atoms with Crippen molar-refractivity contribution in [3.8, 4) is 0 Å². The number of nitrogens with zero attached hydrogens (tertiary/aromatic N) is 2. The predicted octanol–water partition coefficient (Wildman–Crippen LogP) is 0.362. The zero-order valence-corrected chi connectivity index (χ0v) is 6.00. The van der Waals surface area contributed by atoms with Crippen LogP contribution in [-0.2, 0) is 13.1 Å². The summed E-state index contributed by atoms with van der Waals surface area (Å²) in [6.07, 6.45) is 1.11. The Labute approximate surface area is 58.9 Å². The Morgan fingerprint density at radius 3 is 2.80 bits per heavy atom. The first-order chi connectivity index (χ1) is 4.79. The molecule has 1 aromatic heterocycles. The number of rotatable bonds is 0. The molecule has 54 valence electrons. The van der Waals surface area contributed by atoms with Gasteiger partial charge in [-0.05, 0) is 13.3 Å². The maximum absolute atomic E-state index is 11.1. The van der Waals surface area contributed by atoms with Gasteiger partial charge in [0.2, 0.25) is 0 Å². The summed E-state index contributed by atoms with van der Waals surface area (Å²) in [6, 6.07) is 1.69. The van der Waals surface area contributed by atoms with E-state index in [2.05, 4.69) is 0 Å². The minimum Gasteiger partial charge on any atom is -0.287 e. The van der Waals surface area contributed by atoms with Gasteiger partial charge in [-0.2, -0.15) is 0 Å². The quantitative estimate of drug-likeness (QED) is 0.508. The Bertz CT molecular complexity index is 308. The van der Waals surface area contributed by atoms with Gasteiger partial charge in [0, 0.05) is 24.8 Å². The molecule has 0 saturated heterocycles. The molecule has 0 radical (unpaired) electrons. The Morgan fingerprint density at radius 1 is 1.40 bits per heavy atom. The summed E-state index contributed by atoms with van der Waals surface area (Å²) in [6.45, 7) is 3.88. The first kappa shape index (κ1) is 5.77. The van der Waals surface area contributed by atoms with Crippen molar-refractivity contribution >= 4 is 0 Å². The summed E-state index contributed by atoms with van der Waals surface area (Å²) in [7, 11) is 0. The van der Waals surface area contributed by atoms with E-state index in [0.717, 1.165) is 25.2 Å². The standard InChI is InChI=1S/C7H10N2O/c1-6-5-7(10)9-4-2-3-8(6)9/h5H,2-4H2,1H3. The number of aromatic nitrogens is 2. The SMILES string of the molecule is Cc1cc(=O)n2n1CCC2. The highest BCUT2D eigenvalue weighted by Crippen LogP contribution is 2.06. The van der Waals surface area contributed by atoms with E-state index in [0.29, 0.717) is 0 Å². The summed E-state index contributed by atoms with van der Waals surface area (Å²) in [4.78, 5) is 11.1. The minimum atomic E-state index is 0.148. The number of aryl methyl sites for hydroxylation is 1. The zero-order chi connectivity index (χ0) is 7.14. The summed E-state index contributed by atoms with van der Waals surface area (Å²) in [5.74, 6) is 0. The molecule has 2 heterocycles. The first-order valence-corrected chi connectivity index (χ1v) is 3.56. The van der Waals surface area contributed by atoms with Gasteiger partial charge in [-0.1, -0.05) is 0 Å². The highest BCUT2D eigenvalue weighted by molar-refractivity contribution is 5.00. The Balaban J connectivity index is 2.73. The van der Waals surface area contributed by atoms with Crippen molar-refractivity contribution < 1.29 is 0 Å². The maximum atomic E-state index is 11.1. The van der Waals surface area contributed by atoms with Gasteiger partial charge in [0.25, 0.3) is 5.56 Å². The van der Waals surface area contributed by atoms with Crippen LogP contribution in [0.5, 0.6) is 0 Å². The molecule has 3 nitrogen and oxygen atoms in total. The smallest absolute Gasteiger partial charge is 0.266 e. The van der Waals surface area contributed by atoms with Crippen molar-refractivity contribution in [1.29, 1.82) is 0 Å². The van der Waals surface area contributed by atoms with Crippen LogP contribution < -0.4 is 5.56 Å². The Hall–Kier alpha value is -0.990. The third kappa shape index (κ3) is 0.574. The highest BCUT2D eigenvalue weighted by atomic mass is 16.1. The van der Waals surface area contributed by atoms with Gasteiger partial charge >= 0.3 is 0 Å². The van der Waals surface area contributed by atoms with Gasteiger partial charge in [-0.25, -0.2) is 0 Å². The second kappa shape index (κ2) is 1.75. The molecule has 0 spiro atoms.